The molecular formula is C27H33N4OS+. The summed E-state index contributed by atoms with van der Waals surface area (Å²) in [7, 11) is 0. The van der Waals surface area contributed by atoms with Crippen LogP contribution in [0.1, 0.15) is 32.3 Å². The van der Waals surface area contributed by atoms with Gasteiger partial charge in [-0.25, -0.2) is 9.50 Å². The first-order chi connectivity index (χ1) is 16.2. The fourth-order valence-electron chi connectivity index (χ4n) is 4.23. The van der Waals surface area contributed by atoms with Crippen LogP contribution in [0.5, 0.6) is 0 Å². The molecule has 33 heavy (non-hydrogen) atoms. The summed E-state index contributed by atoms with van der Waals surface area (Å²) in [5.41, 5.74) is 6.38. The lowest BCUT2D eigenvalue weighted by Crippen LogP contribution is -2.21. The minimum atomic E-state index is -0.768. The first-order valence-electron chi connectivity index (χ1n) is 11.8. The van der Waals surface area contributed by atoms with Crippen molar-refractivity contribution in [3.63, 3.8) is 0 Å². The molecule has 0 aliphatic carbocycles. The Labute approximate surface area is 199 Å². The molecule has 1 fully saturated rings. The van der Waals surface area contributed by atoms with Gasteiger partial charge in [-0.1, -0.05) is 50.2 Å². The monoisotopic (exact) mass is 461 g/mol. The van der Waals surface area contributed by atoms with Gasteiger partial charge in [0.2, 0.25) is 0 Å². The van der Waals surface area contributed by atoms with Gasteiger partial charge in [0.05, 0.1) is 6.20 Å². The van der Waals surface area contributed by atoms with Gasteiger partial charge in [-0.05, 0) is 55.1 Å². The molecule has 0 saturated carbocycles. The second-order valence-electron chi connectivity index (χ2n) is 8.17. The molecule has 2 aromatic carbocycles. The molecule has 1 N–H and O–H groups in total. The summed E-state index contributed by atoms with van der Waals surface area (Å²) < 4.78 is 11.8. The summed E-state index contributed by atoms with van der Waals surface area (Å²) in [6.07, 6.45) is 11.4. The van der Waals surface area contributed by atoms with Crippen LogP contribution in [0.2, 0.25) is 0 Å². The smallest absolute Gasteiger partial charge is 0.190 e. The van der Waals surface area contributed by atoms with E-state index in [0.717, 1.165) is 45.8 Å². The van der Waals surface area contributed by atoms with E-state index in [1.54, 1.807) is 6.26 Å². The fraction of sp³-hybridized carbons (Fsp3) is 0.333. The molecule has 1 aliphatic heterocycles. The van der Waals surface area contributed by atoms with Gasteiger partial charge in [0, 0.05) is 36.1 Å². The third-order valence-electron chi connectivity index (χ3n) is 6.05. The summed E-state index contributed by atoms with van der Waals surface area (Å²) in [6, 6.07) is 16.8. The van der Waals surface area contributed by atoms with Crippen molar-refractivity contribution in [1.82, 2.24) is 19.5 Å². The van der Waals surface area contributed by atoms with Crippen LogP contribution in [0.3, 0.4) is 0 Å². The second kappa shape index (κ2) is 11.0. The molecule has 4 aromatic rings. The van der Waals surface area contributed by atoms with Crippen molar-refractivity contribution in [2.24, 2.45) is 0 Å². The molecule has 0 amide bonds. The number of benzene rings is 2. The molecule has 0 radical (unpaired) electrons. The molecule has 1 saturated heterocycles. The maximum atomic E-state index is 9.92. The Morgan fingerprint density at radius 2 is 1.70 bits per heavy atom. The Kier molecular flexibility index (Phi) is 7.81. The highest BCUT2D eigenvalue weighted by molar-refractivity contribution is 7.90. The molecule has 1 atom stereocenters. The Morgan fingerprint density at radius 1 is 0.939 bits per heavy atom. The van der Waals surface area contributed by atoms with E-state index in [1.807, 2.05) is 61.2 Å². The number of nitrogens with zero attached hydrogens (tertiary/aromatic N) is 4. The van der Waals surface area contributed by atoms with E-state index in [2.05, 4.69) is 34.3 Å². The molecular weight excluding hydrogens is 428 g/mol. The van der Waals surface area contributed by atoms with Crippen molar-refractivity contribution in [3.8, 4) is 22.3 Å². The average molecular weight is 462 g/mol. The normalized spacial score (nSPS) is 14.8. The molecule has 2 aromatic heterocycles. The molecule has 172 valence electrons. The van der Waals surface area contributed by atoms with Gasteiger partial charge in [0.15, 0.2) is 21.7 Å². The first-order valence-corrected chi connectivity index (χ1v) is 13.4. The summed E-state index contributed by atoms with van der Waals surface area (Å²) in [4.78, 5) is 8.18. The second-order valence-corrected chi connectivity index (χ2v) is 9.60. The lowest BCUT2D eigenvalue weighted by atomic mass is 10.0. The van der Waals surface area contributed by atoms with Gasteiger partial charge >= 0.3 is 0 Å². The average Bonchev–Trinajstić information content (AvgIpc) is 3.54. The molecule has 1 aliphatic rings. The van der Waals surface area contributed by atoms with Crippen molar-refractivity contribution in [1.29, 1.82) is 0 Å². The number of hydrogen-bond acceptors (Lipinski definition) is 4. The Balaban J connectivity index is 0.00000126. The van der Waals surface area contributed by atoms with Gasteiger partial charge in [-0.2, -0.15) is 9.65 Å². The maximum Gasteiger partial charge on any atom is 0.190 e. The molecule has 1 unspecified atom stereocenters. The van der Waals surface area contributed by atoms with Gasteiger partial charge in [0.1, 0.15) is 6.26 Å². The standard InChI is InChI=1S/C25H27N4OS.C2H6/c1-31(30)23-6-4-5-21(15-23)24-17-27-29-18-22(16-26-25(24)29)20-9-7-19(8-10-20)11-14-28-12-2-3-13-28;1-2/h4-10,15-18,30H,2-3,11-14H2,1H3;1-2H3/q+1;. The largest absolute Gasteiger partial charge is 0.303 e. The SMILES string of the molecule is CC.C[S+](O)c1cccc(-c2cnn3cc(-c4ccc(CCN5CCCC5)cc4)cnc23)c1. The van der Waals surface area contributed by atoms with Gasteiger partial charge in [0.25, 0.3) is 0 Å². The van der Waals surface area contributed by atoms with E-state index < -0.39 is 11.2 Å². The van der Waals surface area contributed by atoms with Crippen LogP contribution < -0.4 is 0 Å². The molecule has 0 bridgehead atoms. The molecule has 5 nitrogen and oxygen atoms in total. The van der Waals surface area contributed by atoms with Crippen molar-refractivity contribution in [2.75, 3.05) is 25.9 Å². The summed E-state index contributed by atoms with van der Waals surface area (Å²) in [5.74, 6) is 0. The summed E-state index contributed by atoms with van der Waals surface area (Å²) >= 11 is -0.768. The highest BCUT2D eigenvalue weighted by Gasteiger charge is 2.16. The summed E-state index contributed by atoms with van der Waals surface area (Å²) in [5, 5.41) is 4.54. The molecule has 3 heterocycles. The third kappa shape index (κ3) is 5.46. The highest BCUT2D eigenvalue weighted by Crippen LogP contribution is 2.27. The predicted molar refractivity (Wildman–Crippen MR) is 139 cm³/mol. The van der Waals surface area contributed by atoms with Gasteiger partial charge in [-0.15, -0.1) is 0 Å². The third-order valence-corrected chi connectivity index (χ3v) is 6.98. The molecule has 5 rings (SSSR count). The predicted octanol–water partition coefficient (Wildman–Crippen LogP) is 5.81. The Bertz CT molecular complexity index is 1180. The topological polar surface area (TPSA) is 53.7 Å². The van der Waals surface area contributed by atoms with Gasteiger partial charge in [-0.3, -0.25) is 0 Å². The Morgan fingerprint density at radius 3 is 2.42 bits per heavy atom. The Hall–Kier alpha value is -2.67. The van der Waals surface area contributed by atoms with E-state index in [9.17, 15) is 4.55 Å². The van der Waals surface area contributed by atoms with Crippen molar-refractivity contribution in [3.05, 3.63) is 72.7 Å². The quantitative estimate of drug-likeness (QED) is 0.368. The van der Waals surface area contributed by atoms with E-state index in [1.165, 1.54) is 31.5 Å². The zero-order chi connectivity index (χ0) is 23.2. The van der Waals surface area contributed by atoms with Crippen LogP contribution in [-0.2, 0) is 17.6 Å². The van der Waals surface area contributed by atoms with Crippen molar-refractivity contribution in [2.45, 2.75) is 38.0 Å². The minimum Gasteiger partial charge on any atom is -0.303 e. The number of fused-ring (bicyclic) bond motifs is 1. The number of aromatic nitrogens is 3. The lowest BCUT2D eigenvalue weighted by molar-refractivity contribution is 0.343. The van der Waals surface area contributed by atoms with Crippen LogP contribution in [0.4, 0.5) is 0 Å². The van der Waals surface area contributed by atoms with Crippen molar-refractivity contribution >= 4 is 16.8 Å². The first kappa shape index (κ1) is 23.5. The van der Waals surface area contributed by atoms with E-state index in [4.69, 9.17) is 4.98 Å². The number of rotatable bonds is 6. The van der Waals surface area contributed by atoms with Crippen LogP contribution >= 0.6 is 0 Å². The zero-order valence-corrected chi connectivity index (χ0v) is 20.6. The highest BCUT2D eigenvalue weighted by atomic mass is 32.2. The van der Waals surface area contributed by atoms with Crippen molar-refractivity contribution < 1.29 is 4.55 Å². The van der Waals surface area contributed by atoms with Gasteiger partial charge < -0.3 is 4.90 Å². The lowest BCUT2D eigenvalue weighted by Gasteiger charge is -2.14. The van der Waals surface area contributed by atoms with Crippen LogP contribution in [-0.4, -0.2) is 49.9 Å². The summed E-state index contributed by atoms with van der Waals surface area (Å²) in [6.45, 7) is 7.65. The molecule has 6 heteroatoms. The zero-order valence-electron chi connectivity index (χ0n) is 19.7. The maximum absolute atomic E-state index is 9.92. The minimum absolute atomic E-state index is 0.768. The van der Waals surface area contributed by atoms with Crippen LogP contribution in [0, 0.1) is 0 Å². The van der Waals surface area contributed by atoms with E-state index in [-0.39, 0.29) is 0 Å². The fourth-order valence-corrected chi connectivity index (χ4v) is 4.81. The van der Waals surface area contributed by atoms with E-state index >= 15 is 0 Å². The number of hydrogen-bond donors (Lipinski definition) is 1. The van der Waals surface area contributed by atoms with E-state index in [0.29, 0.717) is 0 Å². The van der Waals surface area contributed by atoms with Crippen LogP contribution in [0.15, 0.2) is 72.0 Å². The molecule has 0 spiro atoms. The number of likely N-dealkylation sites (tertiary alicyclic amines) is 1. The van der Waals surface area contributed by atoms with Crippen LogP contribution in [0.25, 0.3) is 27.9 Å².